The van der Waals surface area contributed by atoms with Gasteiger partial charge in [-0.3, -0.25) is 4.98 Å². The van der Waals surface area contributed by atoms with E-state index in [2.05, 4.69) is 10.3 Å². The van der Waals surface area contributed by atoms with Crippen LogP contribution in [0, 0.1) is 0 Å². The number of hydrogen-bond donors (Lipinski definition) is 1. The van der Waals surface area contributed by atoms with Gasteiger partial charge in [0.15, 0.2) is 5.11 Å². The summed E-state index contributed by atoms with van der Waals surface area (Å²) >= 11 is 5.73. The summed E-state index contributed by atoms with van der Waals surface area (Å²) < 4.78 is 11.3. The van der Waals surface area contributed by atoms with Crippen molar-refractivity contribution in [1.82, 2.24) is 10.3 Å². The minimum Gasteiger partial charge on any atom is -0.465 e. The van der Waals surface area contributed by atoms with E-state index in [9.17, 15) is 4.79 Å². The van der Waals surface area contributed by atoms with E-state index in [0.717, 1.165) is 11.4 Å². The highest BCUT2D eigenvalue weighted by Crippen LogP contribution is 2.43. The fourth-order valence-corrected chi connectivity index (χ4v) is 4.50. The molecule has 164 valence electrons. The van der Waals surface area contributed by atoms with Gasteiger partial charge in [0, 0.05) is 17.4 Å². The number of nitrogens with one attached hydrogen (secondary N) is 1. The molecule has 3 heterocycles. The third-order valence-electron chi connectivity index (χ3n) is 5.65. The minimum absolute atomic E-state index is 0.214. The van der Waals surface area contributed by atoms with Gasteiger partial charge in [-0.05, 0) is 54.7 Å². The number of esters is 1. The molecule has 2 aromatic heterocycles. The third kappa shape index (κ3) is 3.87. The molecular weight excluding hydrogens is 434 g/mol. The molecule has 1 aliphatic rings. The van der Waals surface area contributed by atoms with E-state index in [4.69, 9.17) is 21.4 Å². The number of ether oxygens (including phenoxy) is 1. The van der Waals surface area contributed by atoms with E-state index < -0.39 is 5.97 Å². The van der Waals surface area contributed by atoms with Gasteiger partial charge in [0.1, 0.15) is 17.6 Å². The van der Waals surface area contributed by atoms with Gasteiger partial charge in [-0.25, -0.2) is 4.79 Å². The van der Waals surface area contributed by atoms with E-state index in [1.165, 1.54) is 7.11 Å². The Labute approximate surface area is 196 Å². The smallest absolute Gasteiger partial charge is 0.338 e. The Hall–Kier alpha value is -3.97. The summed E-state index contributed by atoms with van der Waals surface area (Å²) in [4.78, 5) is 18.9. The van der Waals surface area contributed by atoms with Crippen LogP contribution in [0.3, 0.4) is 0 Å². The number of thiocarbonyl (C=S) groups is 1. The molecule has 2 aromatic carbocycles. The lowest BCUT2D eigenvalue weighted by molar-refractivity contribution is 0.0601. The average Bonchev–Trinajstić information content (AvgIpc) is 3.49. The predicted octanol–water partition coefficient (Wildman–Crippen LogP) is 5.31. The van der Waals surface area contributed by atoms with Crippen molar-refractivity contribution in [1.29, 1.82) is 0 Å². The van der Waals surface area contributed by atoms with Crippen LogP contribution in [0.15, 0.2) is 95.5 Å². The van der Waals surface area contributed by atoms with Gasteiger partial charge < -0.3 is 19.4 Å². The van der Waals surface area contributed by atoms with Crippen molar-refractivity contribution in [3.63, 3.8) is 0 Å². The van der Waals surface area contributed by atoms with Crippen LogP contribution in [-0.4, -0.2) is 23.2 Å². The van der Waals surface area contributed by atoms with Gasteiger partial charge in [0.05, 0.1) is 24.4 Å². The maximum Gasteiger partial charge on any atom is 0.338 e. The van der Waals surface area contributed by atoms with Gasteiger partial charge in [-0.15, -0.1) is 0 Å². The van der Waals surface area contributed by atoms with Gasteiger partial charge >= 0.3 is 5.97 Å². The maximum atomic E-state index is 12.3. The molecule has 1 fully saturated rings. The first-order valence-electron chi connectivity index (χ1n) is 10.5. The Bertz CT molecular complexity index is 1290. The molecule has 1 aliphatic heterocycles. The van der Waals surface area contributed by atoms with Crippen LogP contribution in [0.2, 0.25) is 0 Å². The summed E-state index contributed by atoms with van der Waals surface area (Å²) in [6.45, 7) is 0. The fraction of sp³-hybridized carbons (Fsp3) is 0.115. The molecule has 4 aromatic rings. The van der Waals surface area contributed by atoms with E-state index in [1.54, 1.807) is 18.3 Å². The molecule has 0 amide bonds. The number of rotatable bonds is 5. The third-order valence-corrected chi connectivity index (χ3v) is 5.96. The van der Waals surface area contributed by atoms with Crippen molar-refractivity contribution in [2.24, 2.45) is 0 Å². The molecular formula is C26H21N3O3S. The highest BCUT2D eigenvalue weighted by molar-refractivity contribution is 7.80. The first-order valence-corrected chi connectivity index (χ1v) is 10.9. The minimum atomic E-state index is -0.412. The highest BCUT2D eigenvalue weighted by atomic mass is 32.1. The molecule has 0 unspecified atom stereocenters. The Morgan fingerprint density at radius 1 is 1.00 bits per heavy atom. The summed E-state index contributed by atoms with van der Waals surface area (Å²) in [5.74, 6) is 0.873. The molecule has 0 saturated carbocycles. The number of benzene rings is 2. The first-order chi connectivity index (χ1) is 16.2. The van der Waals surface area contributed by atoms with Crippen LogP contribution < -0.4 is 10.2 Å². The average molecular weight is 456 g/mol. The number of methoxy groups -OCH3 is 1. The molecule has 5 rings (SSSR count). The summed E-state index contributed by atoms with van der Waals surface area (Å²) in [5, 5.41) is 4.01. The molecule has 0 radical (unpaired) electrons. The zero-order chi connectivity index (χ0) is 22.8. The second-order valence-corrected chi connectivity index (χ2v) is 7.96. The van der Waals surface area contributed by atoms with Crippen molar-refractivity contribution in [2.45, 2.75) is 12.1 Å². The monoisotopic (exact) mass is 455 g/mol. The SMILES string of the molecule is COC(=O)c1ccccc1-c1ccc([C@H]2[C@H](c3ccccn3)NC(=S)N2c2ccccc2)o1. The molecule has 0 spiro atoms. The largest absolute Gasteiger partial charge is 0.465 e. The topological polar surface area (TPSA) is 67.6 Å². The van der Waals surface area contributed by atoms with Crippen molar-refractivity contribution in [3.05, 3.63) is 108 Å². The van der Waals surface area contributed by atoms with Crippen LogP contribution in [-0.2, 0) is 4.74 Å². The van der Waals surface area contributed by atoms with E-state index in [1.807, 2.05) is 77.7 Å². The molecule has 1 saturated heterocycles. The van der Waals surface area contributed by atoms with E-state index in [-0.39, 0.29) is 12.1 Å². The number of carbonyl (C=O) groups is 1. The van der Waals surface area contributed by atoms with Crippen molar-refractivity contribution >= 4 is 29.0 Å². The van der Waals surface area contributed by atoms with Crippen LogP contribution in [0.5, 0.6) is 0 Å². The van der Waals surface area contributed by atoms with Crippen LogP contribution in [0.4, 0.5) is 5.69 Å². The lowest BCUT2D eigenvalue weighted by Crippen LogP contribution is -2.29. The van der Waals surface area contributed by atoms with Crippen molar-refractivity contribution < 1.29 is 13.9 Å². The molecule has 0 aliphatic carbocycles. The summed E-state index contributed by atoms with van der Waals surface area (Å²) in [6, 6.07) is 26.3. The van der Waals surface area contributed by atoms with Gasteiger partial charge in [-0.1, -0.05) is 42.5 Å². The van der Waals surface area contributed by atoms with E-state index >= 15 is 0 Å². The Morgan fingerprint density at radius 3 is 2.52 bits per heavy atom. The fourth-order valence-electron chi connectivity index (χ4n) is 4.15. The predicted molar refractivity (Wildman–Crippen MR) is 130 cm³/mol. The standard InChI is InChI=1S/C26H21N3O3S/c1-31-25(30)19-12-6-5-11-18(19)21-14-15-22(32-21)24-23(20-13-7-8-16-27-20)28-26(33)29(24)17-9-3-2-4-10-17/h2-16,23-24H,1H3,(H,28,33)/t23-,24-/m0/s1. The Morgan fingerprint density at radius 2 is 1.76 bits per heavy atom. The zero-order valence-electron chi connectivity index (χ0n) is 17.8. The maximum absolute atomic E-state index is 12.3. The lowest BCUT2D eigenvalue weighted by atomic mass is 10.0. The number of nitrogens with zero attached hydrogens (tertiary/aromatic N) is 2. The zero-order valence-corrected chi connectivity index (χ0v) is 18.7. The van der Waals surface area contributed by atoms with Crippen molar-refractivity contribution in [3.8, 4) is 11.3 Å². The normalized spacial score (nSPS) is 17.6. The number of aromatic nitrogens is 1. The molecule has 7 heteroatoms. The molecule has 33 heavy (non-hydrogen) atoms. The quantitative estimate of drug-likeness (QED) is 0.323. The Kier molecular flexibility index (Phi) is 5.62. The molecule has 0 bridgehead atoms. The number of para-hydroxylation sites is 1. The number of carbonyl (C=O) groups excluding carboxylic acids is 1. The number of furan rings is 1. The summed E-state index contributed by atoms with van der Waals surface area (Å²) in [5.41, 5.74) is 2.93. The van der Waals surface area contributed by atoms with Gasteiger partial charge in [0.25, 0.3) is 0 Å². The number of anilines is 1. The molecule has 1 N–H and O–H groups in total. The first kappa shape index (κ1) is 20.9. The lowest BCUT2D eigenvalue weighted by Gasteiger charge is -2.26. The van der Waals surface area contributed by atoms with Crippen LogP contribution in [0.1, 0.15) is 33.9 Å². The summed E-state index contributed by atoms with van der Waals surface area (Å²) in [7, 11) is 1.37. The second-order valence-electron chi connectivity index (χ2n) is 7.57. The van der Waals surface area contributed by atoms with E-state index in [0.29, 0.717) is 27.8 Å². The van der Waals surface area contributed by atoms with Crippen LogP contribution >= 0.6 is 12.2 Å². The number of pyridine rings is 1. The highest BCUT2D eigenvalue weighted by Gasteiger charge is 2.42. The molecule has 2 atom stereocenters. The van der Waals surface area contributed by atoms with Gasteiger partial charge in [-0.2, -0.15) is 0 Å². The Balaban J connectivity index is 1.60. The number of hydrogen-bond acceptors (Lipinski definition) is 5. The second kappa shape index (κ2) is 8.88. The van der Waals surface area contributed by atoms with Gasteiger partial charge in [0.2, 0.25) is 0 Å². The molecule has 6 nitrogen and oxygen atoms in total. The summed E-state index contributed by atoms with van der Waals surface area (Å²) in [6.07, 6.45) is 1.77. The van der Waals surface area contributed by atoms with Crippen molar-refractivity contribution in [2.75, 3.05) is 12.0 Å². The van der Waals surface area contributed by atoms with Crippen LogP contribution in [0.25, 0.3) is 11.3 Å².